The second kappa shape index (κ2) is 5.86. The van der Waals surface area contributed by atoms with Gasteiger partial charge in [-0.2, -0.15) is 0 Å². The van der Waals surface area contributed by atoms with Gasteiger partial charge in [-0.25, -0.2) is 4.98 Å². The molecule has 0 aliphatic heterocycles. The molecule has 20 heavy (non-hydrogen) atoms. The van der Waals surface area contributed by atoms with Crippen molar-refractivity contribution >= 4 is 5.91 Å². The Hall–Kier alpha value is -2.17. The zero-order valence-corrected chi connectivity index (χ0v) is 11.3. The SMILES string of the molecule is O=C(CCc1cccnc1)NCc1cncn1C1CC1. The fourth-order valence-electron chi connectivity index (χ4n) is 2.23. The van der Waals surface area contributed by atoms with Crippen LogP contribution in [-0.4, -0.2) is 20.4 Å². The highest BCUT2D eigenvalue weighted by molar-refractivity contribution is 5.76. The Balaban J connectivity index is 1.46. The number of rotatable bonds is 6. The van der Waals surface area contributed by atoms with Crippen molar-refractivity contribution < 1.29 is 4.79 Å². The lowest BCUT2D eigenvalue weighted by atomic mass is 10.1. The van der Waals surface area contributed by atoms with Crippen LogP contribution >= 0.6 is 0 Å². The summed E-state index contributed by atoms with van der Waals surface area (Å²) >= 11 is 0. The summed E-state index contributed by atoms with van der Waals surface area (Å²) in [5.41, 5.74) is 2.17. The molecular formula is C15H18N4O. The van der Waals surface area contributed by atoms with E-state index in [9.17, 15) is 4.79 Å². The smallest absolute Gasteiger partial charge is 0.220 e. The molecule has 0 bridgehead atoms. The van der Waals surface area contributed by atoms with E-state index in [0.29, 0.717) is 19.0 Å². The summed E-state index contributed by atoms with van der Waals surface area (Å²) in [5, 5.41) is 2.96. The average molecular weight is 270 g/mol. The number of hydrogen-bond acceptors (Lipinski definition) is 3. The van der Waals surface area contributed by atoms with Crippen LogP contribution in [0, 0.1) is 0 Å². The first-order valence-corrected chi connectivity index (χ1v) is 6.99. The van der Waals surface area contributed by atoms with Crippen molar-refractivity contribution in [3.63, 3.8) is 0 Å². The second-order valence-electron chi connectivity index (χ2n) is 5.16. The molecular weight excluding hydrogens is 252 g/mol. The fraction of sp³-hybridized carbons (Fsp3) is 0.400. The van der Waals surface area contributed by atoms with E-state index in [-0.39, 0.29) is 5.91 Å². The third-order valence-corrected chi connectivity index (χ3v) is 3.52. The molecule has 1 aliphatic rings. The highest BCUT2D eigenvalue weighted by atomic mass is 16.1. The molecule has 5 heteroatoms. The maximum Gasteiger partial charge on any atom is 0.220 e. The minimum absolute atomic E-state index is 0.0670. The van der Waals surface area contributed by atoms with Gasteiger partial charge in [0.1, 0.15) is 0 Å². The van der Waals surface area contributed by atoms with Crippen molar-refractivity contribution in [3.8, 4) is 0 Å². The van der Waals surface area contributed by atoms with Gasteiger partial charge in [-0.1, -0.05) is 6.07 Å². The number of pyridine rings is 1. The molecule has 2 aromatic rings. The number of hydrogen-bond donors (Lipinski definition) is 1. The van der Waals surface area contributed by atoms with E-state index < -0.39 is 0 Å². The standard InChI is InChI=1S/C15H18N4O/c20-15(6-3-12-2-1-7-16-8-12)18-10-14-9-17-11-19(14)13-4-5-13/h1-2,7-9,11,13H,3-6,10H2,(H,18,20). The fourth-order valence-corrected chi connectivity index (χ4v) is 2.23. The highest BCUT2D eigenvalue weighted by Gasteiger charge is 2.25. The van der Waals surface area contributed by atoms with Gasteiger partial charge < -0.3 is 9.88 Å². The molecule has 5 nitrogen and oxygen atoms in total. The molecule has 3 rings (SSSR count). The lowest BCUT2D eigenvalue weighted by Crippen LogP contribution is -2.24. The lowest BCUT2D eigenvalue weighted by Gasteiger charge is -2.08. The Bertz CT molecular complexity index is 575. The summed E-state index contributed by atoms with van der Waals surface area (Å²) < 4.78 is 2.17. The van der Waals surface area contributed by atoms with E-state index in [0.717, 1.165) is 17.7 Å². The van der Waals surface area contributed by atoms with Crippen molar-refractivity contribution in [2.24, 2.45) is 0 Å². The van der Waals surface area contributed by atoms with Crippen LogP contribution < -0.4 is 5.32 Å². The largest absolute Gasteiger partial charge is 0.350 e. The second-order valence-corrected chi connectivity index (χ2v) is 5.16. The van der Waals surface area contributed by atoms with E-state index in [2.05, 4.69) is 19.9 Å². The van der Waals surface area contributed by atoms with E-state index in [1.807, 2.05) is 24.7 Å². The Morgan fingerprint density at radius 3 is 3.00 bits per heavy atom. The highest BCUT2D eigenvalue weighted by Crippen LogP contribution is 2.35. The molecule has 1 fully saturated rings. The molecule has 0 saturated heterocycles. The molecule has 1 aliphatic carbocycles. The van der Waals surface area contributed by atoms with Crippen LogP contribution in [0.3, 0.4) is 0 Å². The van der Waals surface area contributed by atoms with Gasteiger partial charge in [-0.3, -0.25) is 9.78 Å². The minimum atomic E-state index is 0.0670. The van der Waals surface area contributed by atoms with Crippen molar-refractivity contribution in [2.45, 2.75) is 38.3 Å². The molecule has 2 heterocycles. The molecule has 0 radical (unpaired) electrons. The number of nitrogens with one attached hydrogen (secondary N) is 1. The zero-order chi connectivity index (χ0) is 13.8. The lowest BCUT2D eigenvalue weighted by molar-refractivity contribution is -0.121. The third kappa shape index (κ3) is 3.23. The Morgan fingerprint density at radius 2 is 2.25 bits per heavy atom. The Morgan fingerprint density at radius 1 is 1.35 bits per heavy atom. The molecule has 0 unspecified atom stereocenters. The first kappa shape index (κ1) is 12.8. The van der Waals surface area contributed by atoms with Crippen LogP contribution in [0.4, 0.5) is 0 Å². The van der Waals surface area contributed by atoms with Crippen LogP contribution in [0.1, 0.15) is 36.6 Å². The summed E-state index contributed by atoms with van der Waals surface area (Å²) in [7, 11) is 0. The average Bonchev–Trinajstić information content (AvgIpc) is 3.22. The van der Waals surface area contributed by atoms with Gasteiger partial charge in [0.05, 0.1) is 18.6 Å². The number of carbonyl (C=O) groups is 1. The number of carbonyl (C=O) groups excluding carboxylic acids is 1. The zero-order valence-electron chi connectivity index (χ0n) is 11.3. The van der Waals surface area contributed by atoms with E-state index >= 15 is 0 Å². The van der Waals surface area contributed by atoms with Crippen LogP contribution in [0.15, 0.2) is 37.1 Å². The van der Waals surface area contributed by atoms with Gasteiger partial charge in [-0.15, -0.1) is 0 Å². The first-order chi connectivity index (χ1) is 9.83. The number of aryl methyl sites for hydroxylation is 1. The molecule has 0 aromatic carbocycles. The topological polar surface area (TPSA) is 59.8 Å². The van der Waals surface area contributed by atoms with Gasteiger partial charge in [0, 0.05) is 31.1 Å². The maximum absolute atomic E-state index is 11.8. The number of imidazole rings is 1. The van der Waals surface area contributed by atoms with Crippen LogP contribution in [0.2, 0.25) is 0 Å². The van der Waals surface area contributed by atoms with Gasteiger partial charge in [0.25, 0.3) is 0 Å². The molecule has 1 saturated carbocycles. The van der Waals surface area contributed by atoms with Crippen molar-refractivity contribution in [1.29, 1.82) is 0 Å². The maximum atomic E-state index is 11.8. The first-order valence-electron chi connectivity index (χ1n) is 6.99. The monoisotopic (exact) mass is 270 g/mol. The van der Waals surface area contributed by atoms with Crippen LogP contribution in [-0.2, 0) is 17.8 Å². The predicted octanol–water partition coefficient (Wildman–Crippen LogP) is 1.86. The van der Waals surface area contributed by atoms with Crippen LogP contribution in [0.5, 0.6) is 0 Å². The van der Waals surface area contributed by atoms with Gasteiger partial charge in [0.15, 0.2) is 0 Å². The summed E-state index contributed by atoms with van der Waals surface area (Å²) in [6.07, 6.45) is 10.9. The predicted molar refractivity (Wildman–Crippen MR) is 74.9 cm³/mol. The van der Waals surface area contributed by atoms with Gasteiger partial charge >= 0.3 is 0 Å². The molecule has 2 aromatic heterocycles. The number of aromatic nitrogens is 3. The quantitative estimate of drug-likeness (QED) is 0.871. The molecule has 1 N–H and O–H groups in total. The normalized spacial score (nSPS) is 14.2. The minimum Gasteiger partial charge on any atom is -0.350 e. The summed E-state index contributed by atoms with van der Waals surface area (Å²) in [6.45, 7) is 0.558. The molecule has 1 amide bonds. The Labute approximate surface area is 118 Å². The summed E-state index contributed by atoms with van der Waals surface area (Å²) in [5.74, 6) is 0.0670. The summed E-state index contributed by atoms with van der Waals surface area (Å²) in [4.78, 5) is 20.0. The number of nitrogens with zero attached hydrogens (tertiary/aromatic N) is 3. The van der Waals surface area contributed by atoms with Crippen molar-refractivity contribution in [3.05, 3.63) is 48.3 Å². The van der Waals surface area contributed by atoms with Crippen LogP contribution in [0.25, 0.3) is 0 Å². The van der Waals surface area contributed by atoms with Gasteiger partial charge in [-0.05, 0) is 30.9 Å². The van der Waals surface area contributed by atoms with E-state index in [4.69, 9.17) is 0 Å². The van der Waals surface area contributed by atoms with Gasteiger partial charge in [0.2, 0.25) is 5.91 Å². The third-order valence-electron chi connectivity index (χ3n) is 3.52. The Kier molecular flexibility index (Phi) is 3.76. The molecule has 0 atom stereocenters. The van der Waals surface area contributed by atoms with E-state index in [1.165, 1.54) is 12.8 Å². The van der Waals surface area contributed by atoms with Crippen molar-refractivity contribution in [1.82, 2.24) is 19.9 Å². The number of amides is 1. The molecule has 104 valence electrons. The summed E-state index contributed by atoms with van der Waals surface area (Å²) in [6, 6.07) is 4.48. The van der Waals surface area contributed by atoms with Crippen molar-refractivity contribution in [2.75, 3.05) is 0 Å². The molecule has 0 spiro atoms. The van der Waals surface area contributed by atoms with E-state index in [1.54, 1.807) is 12.4 Å².